The summed E-state index contributed by atoms with van der Waals surface area (Å²) < 4.78 is 11.3. The molecule has 0 bridgehead atoms. The lowest BCUT2D eigenvalue weighted by atomic mass is 10.1. The van der Waals surface area contributed by atoms with Crippen molar-refractivity contribution in [1.29, 1.82) is 0 Å². The molecule has 3 nitrogen and oxygen atoms in total. The fraction of sp³-hybridized carbons (Fsp3) is 0.294. The van der Waals surface area contributed by atoms with Gasteiger partial charge in [-0.25, -0.2) is 0 Å². The van der Waals surface area contributed by atoms with Crippen LogP contribution < -0.4 is 15.2 Å². The van der Waals surface area contributed by atoms with Crippen LogP contribution in [0.5, 0.6) is 11.5 Å². The van der Waals surface area contributed by atoms with Crippen molar-refractivity contribution < 1.29 is 9.47 Å². The maximum absolute atomic E-state index is 5.93. The molecule has 0 radical (unpaired) electrons. The van der Waals surface area contributed by atoms with Gasteiger partial charge in [-0.3, -0.25) is 0 Å². The van der Waals surface area contributed by atoms with Crippen LogP contribution in [0.1, 0.15) is 16.7 Å². The van der Waals surface area contributed by atoms with E-state index < -0.39 is 0 Å². The van der Waals surface area contributed by atoms with Gasteiger partial charge in [-0.05, 0) is 41.8 Å². The zero-order chi connectivity index (χ0) is 13.9. The number of ether oxygens (including phenoxy) is 2. The fourth-order valence-electron chi connectivity index (χ4n) is 2.47. The van der Waals surface area contributed by atoms with Crippen molar-refractivity contribution in [3.8, 4) is 11.5 Å². The van der Waals surface area contributed by atoms with Gasteiger partial charge in [-0.1, -0.05) is 18.2 Å². The molecule has 104 valence electrons. The molecule has 3 heteroatoms. The van der Waals surface area contributed by atoms with Gasteiger partial charge >= 0.3 is 0 Å². The molecule has 0 atom stereocenters. The summed E-state index contributed by atoms with van der Waals surface area (Å²) >= 11 is 0. The third kappa shape index (κ3) is 2.72. The topological polar surface area (TPSA) is 44.5 Å². The van der Waals surface area contributed by atoms with Gasteiger partial charge in [0.15, 0.2) is 0 Å². The Bertz CT molecular complexity index is 622. The molecule has 20 heavy (non-hydrogen) atoms. The Hall–Kier alpha value is -2.16. The van der Waals surface area contributed by atoms with Gasteiger partial charge in [0, 0.05) is 12.8 Å². The molecule has 0 unspecified atom stereocenters. The summed E-state index contributed by atoms with van der Waals surface area (Å²) in [7, 11) is 0. The SMILES string of the molecule is Cc1ccc(OCCc2ccc3c(c2)CCO3)c(N)c1. The molecule has 1 aliphatic rings. The largest absolute Gasteiger partial charge is 0.493 e. The van der Waals surface area contributed by atoms with Crippen molar-refractivity contribution in [2.24, 2.45) is 0 Å². The second kappa shape index (κ2) is 5.45. The molecular weight excluding hydrogens is 250 g/mol. The van der Waals surface area contributed by atoms with E-state index in [4.69, 9.17) is 15.2 Å². The first-order chi connectivity index (χ1) is 9.72. The highest BCUT2D eigenvalue weighted by molar-refractivity contribution is 5.54. The Morgan fingerprint density at radius 3 is 2.95 bits per heavy atom. The van der Waals surface area contributed by atoms with Crippen molar-refractivity contribution in [3.63, 3.8) is 0 Å². The molecule has 0 aromatic heterocycles. The average Bonchev–Trinajstić information content (AvgIpc) is 2.89. The van der Waals surface area contributed by atoms with Gasteiger partial charge in [0.05, 0.1) is 18.9 Å². The van der Waals surface area contributed by atoms with Gasteiger partial charge in [-0.2, -0.15) is 0 Å². The number of aryl methyl sites for hydroxylation is 1. The Labute approximate surface area is 119 Å². The number of hydrogen-bond acceptors (Lipinski definition) is 3. The minimum Gasteiger partial charge on any atom is -0.493 e. The maximum Gasteiger partial charge on any atom is 0.142 e. The van der Waals surface area contributed by atoms with Crippen LogP contribution >= 0.6 is 0 Å². The van der Waals surface area contributed by atoms with E-state index in [2.05, 4.69) is 18.2 Å². The minimum atomic E-state index is 0.632. The van der Waals surface area contributed by atoms with E-state index in [0.717, 1.165) is 36.5 Å². The first-order valence-corrected chi connectivity index (χ1v) is 6.96. The fourth-order valence-corrected chi connectivity index (χ4v) is 2.47. The Balaban J connectivity index is 1.60. The number of nitrogens with two attached hydrogens (primary N) is 1. The number of anilines is 1. The predicted molar refractivity (Wildman–Crippen MR) is 80.4 cm³/mol. The summed E-state index contributed by atoms with van der Waals surface area (Å²) in [5.74, 6) is 1.79. The Morgan fingerprint density at radius 2 is 2.10 bits per heavy atom. The summed E-state index contributed by atoms with van der Waals surface area (Å²) in [5.41, 5.74) is 10.4. The van der Waals surface area contributed by atoms with E-state index in [1.807, 2.05) is 25.1 Å². The van der Waals surface area contributed by atoms with Crippen LogP contribution in [-0.4, -0.2) is 13.2 Å². The lowest BCUT2D eigenvalue weighted by Crippen LogP contribution is -2.03. The molecule has 2 aromatic rings. The molecule has 0 amide bonds. The van der Waals surface area contributed by atoms with Crippen LogP contribution in [0.3, 0.4) is 0 Å². The number of nitrogen functional groups attached to an aromatic ring is 1. The molecule has 3 rings (SSSR count). The van der Waals surface area contributed by atoms with Crippen LogP contribution in [0, 0.1) is 6.92 Å². The second-order valence-electron chi connectivity index (χ2n) is 5.18. The van der Waals surface area contributed by atoms with E-state index in [1.165, 1.54) is 11.1 Å². The van der Waals surface area contributed by atoms with Crippen molar-refractivity contribution in [2.45, 2.75) is 19.8 Å². The molecule has 1 heterocycles. The van der Waals surface area contributed by atoms with E-state index >= 15 is 0 Å². The quantitative estimate of drug-likeness (QED) is 0.867. The molecule has 0 fully saturated rings. The van der Waals surface area contributed by atoms with Crippen molar-refractivity contribution in [1.82, 2.24) is 0 Å². The summed E-state index contributed by atoms with van der Waals surface area (Å²) in [4.78, 5) is 0. The van der Waals surface area contributed by atoms with E-state index in [0.29, 0.717) is 12.3 Å². The van der Waals surface area contributed by atoms with Crippen LogP contribution in [0.2, 0.25) is 0 Å². The Kier molecular flexibility index (Phi) is 3.50. The lowest BCUT2D eigenvalue weighted by Gasteiger charge is -2.10. The van der Waals surface area contributed by atoms with Gasteiger partial charge in [-0.15, -0.1) is 0 Å². The lowest BCUT2D eigenvalue weighted by molar-refractivity contribution is 0.323. The zero-order valence-electron chi connectivity index (χ0n) is 11.7. The third-order valence-corrected chi connectivity index (χ3v) is 3.57. The highest BCUT2D eigenvalue weighted by Crippen LogP contribution is 2.26. The van der Waals surface area contributed by atoms with Crippen molar-refractivity contribution >= 4 is 5.69 Å². The van der Waals surface area contributed by atoms with E-state index in [1.54, 1.807) is 0 Å². The van der Waals surface area contributed by atoms with Gasteiger partial charge in [0.25, 0.3) is 0 Å². The maximum atomic E-state index is 5.93. The normalized spacial score (nSPS) is 12.8. The molecule has 0 spiro atoms. The highest BCUT2D eigenvalue weighted by atomic mass is 16.5. The predicted octanol–water partition coefficient (Wildman–Crippen LogP) is 3.13. The summed E-state index contributed by atoms with van der Waals surface area (Å²) in [6, 6.07) is 12.2. The summed E-state index contributed by atoms with van der Waals surface area (Å²) in [6.45, 7) is 3.45. The molecule has 0 saturated heterocycles. The Morgan fingerprint density at radius 1 is 1.20 bits per heavy atom. The highest BCUT2D eigenvalue weighted by Gasteiger charge is 2.11. The van der Waals surface area contributed by atoms with Crippen LogP contribution in [0.25, 0.3) is 0 Å². The van der Waals surface area contributed by atoms with Crippen molar-refractivity contribution in [3.05, 3.63) is 53.1 Å². The smallest absolute Gasteiger partial charge is 0.142 e. The van der Waals surface area contributed by atoms with Crippen LogP contribution in [0.4, 0.5) is 5.69 Å². The van der Waals surface area contributed by atoms with Gasteiger partial charge in [0.2, 0.25) is 0 Å². The van der Waals surface area contributed by atoms with Gasteiger partial charge in [0.1, 0.15) is 11.5 Å². The molecular formula is C17H19NO2. The standard InChI is InChI=1S/C17H19NO2/c1-12-2-4-17(15(18)10-12)20-8-6-13-3-5-16-14(11-13)7-9-19-16/h2-5,10-11H,6-9,18H2,1H3. The van der Waals surface area contributed by atoms with Gasteiger partial charge < -0.3 is 15.2 Å². The minimum absolute atomic E-state index is 0.632. The van der Waals surface area contributed by atoms with Crippen LogP contribution in [0.15, 0.2) is 36.4 Å². The van der Waals surface area contributed by atoms with Crippen LogP contribution in [-0.2, 0) is 12.8 Å². The molecule has 2 aromatic carbocycles. The van der Waals surface area contributed by atoms with E-state index in [-0.39, 0.29) is 0 Å². The molecule has 1 aliphatic heterocycles. The zero-order valence-corrected chi connectivity index (χ0v) is 11.7. The number of benzene rings is 2. The molecule has 0 saturated carbocycles. The first-order valence-electron chi connectivity index (χ1n) is 6.96. The molecule has 0 aliphatic carbocycles. The van der Waals surface area contributed by atoms with E-state index in [9.17, 15) is 0 Å². The average molecular weight is 269 g/mol. The summed E-state index contributed by atoms with van der Waals surface area (Å²) in [5, 5.41) is 0. The monoisotopic (exact) mass is 269 g/mol. The van der Waals surface area contributed by atoms with Crippen molar-refractivity contribution in [2.75, 3.05) is 18.9 Å². The number of rotatable bonds is 4. The first kappa shape index (κ1) is 12.9. The molecule has 2 N–H and O–H groups in total. The number of fused-ring (bicyclic) bond motifs is 1. The summed E-state index contributed by atoms with van der Waals surface area (Å²) in [6.07, 6.45) is 1.88. The third-order valence-electron chi connectivity index (χ3n) is 3.57. The number of hydrogen-bond donors (Lipinski definition) is 1. The second-order valence-corrected chi connectivity index (χ2v) is 5.18.